The van der Waals surface area contributed by atoms with E-state index in [2.05, 4.69) is 45.8 Å². The van der Waals surface area contributed by atoms with Crippen molar-refractivity contribution in [3.63, 3.8) is 0 Å². The standard InChI is InChI=1S/C24H29FN4O/c1-26-24(27-14-13-19-8-5-6-12-23(19)25)28-16-20-9-3-4-10-21(20)17-29(2)18-22-11-7-15-30-22/h3-12,15H,13-14,16-18H2,1-2H3,(H2,26,27,28). The Labute approximate surface area is 177 Å². The molecule has 1 heterocycles. The van der Waals surface area contributed by atoms with Gasteiger partial charge in [-0.15, -0.1) is 0 Å². The molecule has 0 aliphatic heterocycles. The minimum absolute atomic E-state index is 0.171. The zero-order valence-corrected chi connectivity index (χ0v) is 17.6. The van der Waals surface area contributed by atoms with Crippen molar-refractivity contribution in [1.29, 1.82) is 0 Å². The normalized spacial score (nSPS) is 11.7. The topological polar surface area (TPSA) is 52.8 Å². The van der Waals surface area contributed by atoms with Crippen LogP contribution in [0.4, 0.5) is 4.39 Å². The lowest BCUT2D eigenvalue weighted by atomic mass is 10.1. The summed E-state index contributed by atoms with van der Waals surface area (Å²) in [5, 5.41) is 6.61. The molecule has 2 N–H and O–H groups in total. The first-order chi connectivity index (χ1) is 14.7. The first kappa shape index (κ1) is 21.6. The smallest absolute Gasteiger partial charge is 0.191 e. The number of hydrogen-bond donors (Lipinski definition) is 2. The van der Waals surface area contributed by atoms with E-state index in [0.29, 0.717) is 31.0 Å². The lowest BCUT2D eigenvalue weighted by Crippen LogP contribution is -2.38. The van der Waals surface area contributed by atoms with Gasteiger partial charge in [0.05, 0.1) is 12.8 Å². The maximum atomic E-state index is 13.7. The van der Waals surface area contributed by atoms with Crippen molar-refractivity contribution in [3.05, 3.63) is 95.2 Å². The van der Waals surface area contributed by atoms with Crippen molar-refractivity contribution < 1.29 is 8.81 Å². The Hall–Kier alpha value is -3.12. The van der Waals surface area contributed by atoms with Crippen LogP contribution in [0.15, 0.2) is 76.3 Å². The number of furan rings is 1. The summed E-state index contributed by atoms with van der Waals surface area (Å²) in [7, 11) is 3.82. The lowest BCUT2D eigenvalue weighted by Gasteiger charge is -2.19. The van der Waals surface area contributed by atoms with Gasteiger partial charge >= 0.3 is 0 Å². The number of nitrogens with one attached hydrogen (secondary N) is 2. The predicted octanol–water partition coefficient (Wildman–Crippen LogP) is 3.96. The average molecular weight is 409 g/mol. The molecule has 0 amide bonds. The third kappa shape index (κ3) is 6.46. The van der Waals surface area contributed by atoms with Crippen LogP contribution in [-0.4, -0.2) is 31.5 Å². The molecule has 2 aromatic carbocycles. The maximum absolute atomic E-state index is 13.7. The second-order valence-corrected chi connectivity index (χ2v) is 7.21. The van der Waals surface area contributed by atoms with E-state index in [4.69, 9.17) is 4.42 Å². The fraction of sp³-hybridized carbons (Fsp3) is 0.292. The third-order valence-corrected chi connectivity index (χ3v) is 4.88. The van der Waals surface area contributed by atoms with Crippen molar-refractivity contribution >= 4 is 5.96 Å². The minimum atomic E-state index is -0.171. The van der Waals surface area contributed by atoms with Crippen molar-refractivity contribution in [1.82, 2.24) is 15.5 Å². The molecule has 0 aliphatic carbocycles. The highest BCUT2D eigenvalue weighted by molar-refractivity contribution is 5.79. The van der Waals surface area contributed by atoms with Crippen molar-refractivity contribution in [2.75, 3.05) is 20.6 Å². The van der Waals surface area contributed by atoms with E-state index in [1.54, 1.807) is 19.4 Å². The Morgan fingerprint density at radius 2 is 1.67 bits per heavy atom. The maximum Gasteiger partial charge on any atom is 0.191 e. The Balaban J connectivity index is 1.51. The van der Waals surface area contributed by atoms with E-state index in [1.807, 2.05) is 30.3 Å². The van der Waals surface area contributed by atoms with Crippen LogP contribution in [-0.2, 0) is 26.1 Å². The second-order valence-electron chi connectivity index (χ2n) is 7.21. The van der Waals surface area contributed by atoms with Crippen LogP contribution in [0.5, 0.6) is 0 Å². The van der Waals surface area contributed by atoms with Gasteiger partial charge in [-0.2, -0.15) is 0 Å². The molecule has 1 aromatic heterocycles. The molecule has 158 valence electrons. The van der Waals surface area contributed by atoms with Gasteiger partial charge in [0.1, 0.15) is 11.6 Å². The number of hydrogen-bond acceptors (Lipinski definition) is 3. The molecule has 0 radical (unpaired) electrons. The SMILES string of the molecule is CN=C(NCCc1ccccc1F)NCc1ccccc1CN(C)Cc1ccco1. The molecule has 3 rings (SSSR count). The molecular formula is C24H29FN4O. The molecule has 3 aromatic rings. The number of halogens is 1. The molecule has 0 atom stereocenters. The highest BCUT2D eigenvalue weighted by Gasteiger charge is 2.08. The number of guanidine groups is 1. The van der Waals surface area contributed by atoms with Crippen LogP contribution in [0.2, 0.25) is 0 Å². The highest BCUT2D eigenvalue weighted by Crippen LogP contribution is 2.13. The van der Waals surface area contributed by atoms with E-state index < -0.39 is 0 Å². The number of nitrogens with zero attached hydrogens (tertiary/aromatic N) is 2. The van der Waals surface area contributed by atoms with Gasteiger partial charge in [0, 0.05) is 26.7 Å². The van der Waals surface area contributed by atoms with Crippen LogP contribution in [0, 0.1) is 5.82 Å². The third-order valence-electron chi connectivity index (χ3n) is 4.88. The van der Waals surface area contributed by atoms with Crippen molar-refractivity contribution in [2.45, 2.75) is 26.1 Å². The molecule has 0 unspecified atom stereocenters. The van der Waals surface area contributed by atoms with Crippen molar-refractivity contribution in [2.24, 2.45) is 4.99 Å². The Kier molecular flexibility index (Phi) is 8.03. The second kappa shape index (κ2) is 11.2. The van der Waals surface area contributed by atoms with E-state index in [0.717, 1.165) is 18.8 Å². The van der Waals surface area contributed by atoms with Gasteiger partial charge in [-0.25, -0.2) is 4.39 Å². The van der Waals surface area contributed by atoms with E-state index >= 15 is 0 Å². The Bertz CT molecular complexity index is 940. The van der Waals surface area contributed by atoms with E-state index in [1.165, 1.54) is 17.2 Å². The van der Waals surface area contributed by atoms with Crippen LogP contribution in [0.3, 0.4) is 0 Å². The van der Waals surface area contributed by atoms with Crippen LogP contribution in [0.1, 0.15) is 22.5 Å². The summed E-state index contributed by atoms with van der Waals surface area (Å²) < 4.78 is 19.2. The van der Waals surface area contributed by atoms with Crippen LogP contribution in [0.25, 0.3) is 0 Å². The van der Waals surface area contributed by atoms with Gasteiger partial charge in [-0.3, -0.25) is 9.89 Å². The quantitative estimate of drug-likeness (QED) is 0.416. The van der Waals surface area contributed by atoms with Crippen LogP contribution >= 0.6 is 0 Å². The zero-order valence-electron chi connectivity index (χ0n) is 17.6. The molecule has 0 saturated carbocycles. The Morgan fingerprint density at radius 1 is 0.933 bits per heavy atom. The fourth-order valence-electron chi connectivity index (χ4n) is 3.32. The molecule has 6 heteroatoms. The van der Waals surface area contributed by atoms with E-state index in [9.17, 15) is 4.39 Å². The molecular weight excluding hydrogens is 379 g/mol. The number of benzene rings is 2. The lowest BCUT2D eigenvalue weighted by molar-refractivity contribution is 0.287. The van der Waals surface area contributed by atoms with Gasteiger partial charge < -0.3 is 15.1 Å². The van der Waals surface area contributed by atoms with Crippen molar-refractivity contribution in [3.8, 4) is 0 Å². The molecule has 0 saturated heterocycles. The monoisotopic (exact) mass is 408 g/mol. The Morgan fingerprint density at radius 3 is 2.37 bits per heavy atom. The first-order valence-corrected chi connectivity index (χ1v) is 10.1. The van der Waals surface area contributed by atoms with Crippen LogP contribution < -0.4 is 10.6 Å². The van der Waals surface area contributed by atoms with Gasteiger partial charge in [0.15, 0.2) is 5.96 Å². The summed E-state index contributed by atoms with van der Waals surface area (Å²) in [6.45, 7) is 2.84. The van der Waals surface area contributed by atoms with E-state index in [-0.39, 0.29) is 5.82 Å². The summed E-state index contributed by atoms with van der Waals surface area (Å²) in [5.74, 6) is 1.48. The first-order valence-electron chi connectivity index (χ1n) is 10.1. The number of aliphatic imine (C=N–C) groups is 1. The summed E-state index contributed by atoms with van der Waals surface area (Å²) in [4.78, 5) is 6.50. The molecule has 5 nitrogen and oxygen atoms in total. The summed E-state index contributed by atoms with van der Waals surface area (Å²) in [5.41, 5.74) is 3.16. The zero-order chi connectivity index (χ0) is 21.2. The summed E-state index contributed by atoms with van der Waals surface area (Å²) in [6, 6.07) is 19.1. The minimum Gasteiger partial charge on any atom is -0.468 e. The molecule has 30 heavy (non-hydrogen) atoms. The molecule has 0 fully saturated rings. The molecule has 0 spiro atoms. The fourth-order valence-corrected chi connectivity index (χ4v) is 3.32. The van der Waals surface area contributed by atoms with Gasteiger partial charge in [0.25, 0.3) is 0 Å². The highest BCUT2D eigenvalue weighted by atomic mass is 19.1. The summed E-state index contributed by atoms with van der Waals surface area (Å²) >= 11 is 0. The summed E-state index contributed by atoms with van der Waals surface area (Å²) in [6.07, 6.45) is 2.30. The van der Waals surface area contributed by atoms with Gasteiger partial charge in [0.2, 0.25) is 0 Å². The van der Waals surface area contributed by atoms with Gasteiger partial charge in [-0.05, 0) is 48.4 Å². The van der Waals surface area contributed by atoms with Gasteiger partial charge in [-0.1, -0.05) is 42.5 Å². The largest absolute Gasteiger partial charge is 0.468 e. The number of rotatable bonds is 9. The molecule has 0 aliphatic rings. The molecule has 0 bridgehead atoms. The predicted molar refractivity (Wildman–Crippen MR) is 119 cm³/mol. The average Bonchev–Trinajstić information content (AvgIpc) is 3.25.